The molecule has 1 rings (SSSR count). The van der Waals surface area contributed by atoms with E-state index in [0.717, 1.165) is 28.9 Å². The summed E-state index contributed by atoms with van der Waals surface area (Å²) in [5, 5.41) is 3.23. The molecule has 0 aliphatic heterocycles. The molecule has 1 aromatic carbocycles. The smallest absolute Gasteiger partial charge is 0.176 e. The van der Waals surface area contributed by atoms with Crippen LogP contribution in [0.5, 0.6) is 5.75 Å². The molecule has 3 heteroatoms. The van der Waals surface area contributed by atoms with E-state index in [1.165, 1.54) is 0 Å². The number of benzene rings is 1. The second kappa shape index (κ2) is 6.55. The summed E-state index contributed by atoms with van der Waals surface area (Å²) in [6, 6.07) is 4.20. The predicted octanol–water partition coefficient (Wildman–Crippen LogP) is 2.88. The van der Waals surface area contributed by atoms with Crippen LogP contribution in [0.15, 0.2) is 12.1 Å². The Morgan fingerprint density at radius 1 is 1.33 bits per heavy atom. The van der Waals surface area contributed by atoms with Gasteiger partial charge in [0.1, 0.15) is 5.75 Å². The lowest BCUT2D eigenvalue weighted by molar-refractivity contribution is 0.0987. The first kappa shape index (κ1) is 14.7. The Morgan fingerprint density at radius 3 is 2.56 bits per heavy atom. The number of ketones is 1. The van der Waals surface area contributed by atoms with Crippen molar-refractivity contribution in [2.75, 3.05) is 13.7 Å². The van der Waals surface area contributed by atoms with Crippen LogP contribution in [-0.2, 0) is 0 Å². The average molecular weight is 249 g/mol. The van der Waals surface area contributed by atoms with Crippen LogP contribution in [0.2, 0.25) is 0 Å². The Hall–Kier alpha value is -1.35. The molecule has 0 aliphatic rings. The van der Waals surface area contributed by atoms with Gasteiger partial charge < -0.3 is 10.1 Å². The number of carbonyl (C=O) groups is 1. The fraction of sp³-hybridized carbons (Fsp3) is 0.533. The summed E-state index contributed by atoms with van der Waals surface area (Å²) < 4.78 is 5.25. The summed E-state index contributed by atoms with van der Waals surface area (Å²) in [5.74, 6) is 0.970. The maximum Gasteiger partial charge on any atom is 0.176 e. The fourth-order valence-corrected chi connectivity index (χ4v) is 1.82. The van der Waals surface area contributed by atoms with Crippen LogP contribution in [0.4, 0.5) is 0 Å². The van der Waals surface area contributed by atoms with Gasteiger partial charge in [0.25, 0.3) is 0 Å². The van der Waals surface area contributed by atoms with E-state index in [2.05, 4.69) is 19.2 Å². The summed E-state index contributed by atoms with van der Waals surface area (Å²) in [7, 11) is 1.65. The molecule has 3 nitrogen and oxygen atoms in total. The van der Waals surface area contributed by atoms with E-state index in [9.17, 15) is 4.79 Å². The van der Waals surface area contributed by atoms with Crippen LogP contribution in [-0.4, -0.2) is 25.5 Å². The van der Waals surface area contributed by atoms with Crippen molar-refractivity contribution in [3.05, 3.63) is 28.8 Å². The van der Waals surface area contributed by atoms with Crippen LogP contribution < -0.4 is 10.1 Å². The van der Waals surface area contributed by atoms with Gasteiger partial charge in [-0.25, -0.2) is 0 Å². The molecule has 0 radical (unpaired) electrons. The van der Waals surface area contributed by atoms with Crippen LogP contribution in [0, 0.1) is 13.8 Å². The summed E-state index contributed by atoms with van der Waals surface area (Å²) in [5.41, 5.74) is 2.74. The molecule has 0 fully saturated rings. The lowest BCUT2D eigenvalue weighted by Crippen LogP contribution is -2.31. The Balaban J connectivity index is 2.83. The Morgan fingerprint density at radius 2 is 2.00 bits per heavy atom. The molecule has 0 bridgehead atoms. The third-order valence-electron chi connectivity index (χ3n) is 3.27. The van der Waals surface area contributed by atoms with Crippen molar-refractivity contribution >= 4 is 5.78 Å². The van der Waals surface area contributed by atoms with Crippen molar-refractivity contribution in [3.8, 4) is 5.75 Å². The van der Waals surface area contributed by atoms with Crippen LogP contribution in [0.1, 0.15) is 41.8 Å². The highest BCUT2D eigenvalue weighted by molar-refractivity contribution is 5.99. The molecule has 0 heterocycles. The van der Waals surface area contributed by atoms with Gasteiger partial charge in [0, 0.05) is 11.6 Å². The lowest BCUT2D eigenvalue weighted by Gasteiger charge is -2.13. The number of methoxy groups -OCH3 is 1. The number of ether oxygens (including phenoxy) is 1. The molecule has 1 unspecified atom stereocenters. The number of rotatable bonds is 6. The number of hydrogen-bond donors (Lipinski definition) is 1. The van der Waals surface area contributed by atoms with Gasteiger partial charge in [0.05, 0.1) is 13.7 Å². The van der Waals surface area contributed by atoms with E-state index < -0.39 is 0 Å². The highest BCUT2D eigenvalue weighted by Crippen LogP contribution is 2.22. The van der Waals surface area contributed by atoms with Gasteiger partial charge in [0.2, 0.25) is 0 Å². The zero-order chi connectivity index (χ0) is 13.7. The van der Waals surface area contributed by atoms with Crippen molar-refractivity contribution < 1.29 is 9.53 Å². The fourth-order valence-electron chi connectivity index (χ4n) is 1.82. The maximum absolute atomic E-state index is 12.1. The molecule has 0 aliphatic carbocycles. The molecular formula is C15H23NO2. The number of nitrogens with one attached hydrogen (secondary N) is 1. The van der Waals surface area contributed by atoms with E-state index in [0.29, 0.717) is 12.6 Å². The van der Waals surface area contributed by atoms with Gasteiger partial charge in [-0.05, 0) is 50.5 Å². The van der Waals surface area contributed by atoms with Gasteiger partial charge in [-0.15, -0.1) is 0 Å². The number of hydrogen-bond acceptors (Lipinski definition) is 3. The third-order valence-corrected chi connectivity index (χ3v) is 3.27. The van der Waals surface area contributed by atoms with Crippen molar-refractivity contribution in [3.63, 3.8) is 0 Å². The third kappa shape index (κ3) is 3.57. The van der Waals surface area contributed by atoms with E-state index in [1.807, 2.05) is 26.0 Å². The van der Waals surface area contributed by atoms with Crippen molar-refractivity contribution in [1.29, 1.82) is 0 Å². The van der Waals surface area contributed by atoms with Gasteiger partial charge in [-0.3, -0.25) is 4.79 Å². The summed E-state index contributed by atoms with van der Waals surface area (Å²) in [6.45, 7) is 8.47. The zero-order valence-electron chi connectivity index (χ0n) is 12.0. The molecule has 0 spiro atoms. The lowest BCUT2D eigenvalue weighted by atomic mass is 10.0. The maximum atomic E-state index is 12.1. The van der Waals surface area contributed by atoms with E-state index in [4.69, 9.17) is 4.74 Å². The van der Waals surface area contributed by atoms with Gasteiger partial charge >= 0.3 is 0 Å². The number of aryl methyl sites for hydroxylation is 2. The first-order valence-corrected chi connectivity index (χ1v) is 6.41. The monoisotopic (exact) mass is 249 g/mol. The highest BCUT2D eigenvalue weighted by atomic mass is 16.5. The average Bonchev–Trinajstić information content (AvgIpc) is 2.37. The number of Topliss-reactive ketones (excluding diaryl/α,β-unsaturated/α-hetero) is 1. The molecule has 1 aromatic rings. The van der Waals surface area contributed by atoms with Crippen LogP contribution >= 0.6 is 0 Å². The SMILES string of the molecule is CCC(C)NCC(=O)c1cc(C)c(OC)cc1C. The molecule has 1 N–H and O–H groups in total. The molecule has 0 saturated heterocycles. The van der Waals surface area contributed by atoms with Crippen molar-refractivity contribution in [2.45, 2.75) is 40.2 Å². The summed E-state index contributed by atoms with van der Waals surface area (Å²) in [4.78, 5) is 12.1. The first-order chi connectivity index (χ1) is 8.49. The topological polar surface area (TPSA) is 38.3 Å². The largest absolute Gasteiger partial charge is 0.496 e. The molecule has 0 amide bonds. The standard InChI is InChI=1S/C15H23NO2/c1-6-12(4)16-9-14(17)13-7-11(3)15(18-5)8-10(13)2/h7-8,12,16H,6,9H2,1-5H3. The molecule has 0 aromatic heterocycles. The van der Waals surface area contributed by atoms with E-state index >= 15 is 0 Å². The first-order valence-electron chi connectivity index (χ1n) is 6.41. The second-order valence-electron chi connectivity index (χ2n) is 4.75. The zero-order valence-corrected chi connectivity index (χ0v) is 12.0. The van der Waals surface area contributed by atoms with E-state index in [1.54, 1.807) is 7.11 Å². The molecule has 1 atom stereocenters. The van der Waals surface area contributed by atoms with Gasteiger partial charge in [0.15, 0.2) is 5.78 Å². The highest BCUT2D eigenvalue weighted by Gasteiger charge is 2.12. The van der Waals surface area contributed by atoms with Crippen LogP contribution in [0.25, 0.3) is 0 Å². The molecular weight excluding hydrogens is 226 g/mol. The Bertz CT molecular complexity index is 427. The normalized spacial score (nSPS) is 12.3. The Kier molecular flexibility index (Phi) is 5.35. The number of carbonyl (C=O) groups excluding carboxylic acids is 1. The van der Waals surface area contributed by atoms with Crippen molar-refractivity contribution in [1.82, 2.24) is 5.32 Å². The minimum absolute atomic E-state index is 0.138. The molecule has 0 saturated carbocycles. The molecule has 18 heavy (non-hydrogen) atoms. The predicted molar refractivity (Wildman–Crippen MR) is 74.6 cm³/mol. The van der Waals surface area contributed by atoms with Crippen LogP contribution in [0.3, 0.4) is 0 Å². The molecule has 100 valence electrons. The Labute approximate surface area is 110 Å². The summed E-state index contributed by atoms with van der Waals surface area (Å²) >= 11 is 0. The minimum Gasteiger partial charge on any atom is -0.496 e. The van der Waals surface area contributed by atoms with Gasteiger partial charge in [-0.1, -0.05) is 6.92 Å². The second-order valence-corrected chi connectivity index (χ2v) is 4.75. The quantitative estimate of drug-likeness (QED) is 0.788. The summed E-state index contributed by atoms with van der Waals surface area (Å²) in [6.07, 6.45) is 1.02. The van der Waals surface area contributed by atoms with Crippen molar-refractivity contribution in [2.24, 2.45) is 0 Å². The minimum atomic E-state index is 0.138. The van der Waals surface area contributed by atoms with Gasteiger partial charge in [-0.2, -0.15) is 0 Å². The van der Waals surface area contributed by atoms with E-state index in [-0.39, 0.29) is 5.78 Å².